The van der Waals surface area contributed by atoms with Gasteiger partial charge in [0.1, 0.15) is 11.8 Å². The summed E-state index contributed by atoms with van der Waals surface area (Å²) in [5, 5.41) is 13.6. The van der Waals surface area contributed by atoms with Crippen molar-refractivity contribution in [3.05, 3.63) is 95.9 Å². The highest BCUT2D eigenvalue weighted by molar-refractivity contribution is 6.00. The average molecular weight is 457 g/mol. The summed E-state index contributed by atoms with van der Waals surface area (Å²) in [6.07, 6.45) is 0. The Hall–Kier alpha value is -4.46. The van der Waals surface area contributed by atoms with Gasteiger partial charge >= 0.3 is 0 Å². The number of carbonyl (C=O) groups is 2. The molecule has 8 heteroatoms. The number of benzene rings is 3. The highest BCUT2D eigenvalue weighted by atomic mass is 16.5. The number of rotatable bonds is 8. The highest BCUT2D eigenvalue weighted by Gasteiger charge is 2.17. The SMILES string of the molecule is Cc1ccccc1-c1nnc(COc2ccc(NC(=O)C(C)NC(=O)c3ccccc3)cc2)o1. The van der Waals surface area contributed by atoms with E-state index in [1.54, 1.807) is 55.5 Å². The lowest BCUT2D eigenvalue weighted by atomic mass is 10.1. The topological polar surface area (TPSA) is 106 Å². The normalized spacial score (nSPS) is 11.5. The zero-order chi connectivity index (χ0) is 23.9. The van der Waals surface area contributed by atoms with Gasteiger partial charge in [-0.05, 0) is 61.9 Å². The van der Waals surface area contributed by atoms with Crippen LogP contribution in [0.1, 0.15) is 28.7 Å². The van der Waals surface area contributed by atoms with Crippen LogP contribution in [0.3, 0.4) is 0 Å². The summed E-state index contributed by atoms with van der Waals surface area (Å²) >= 11 is 0. The number of aromatic nitrogens is 2. The minimum atomic E-state index is -0.705. The monoisotopic (exact) mass is 456 g/mol. The van der Waals surface area contributed by atoms with E-state index in [0.29, 0.717) is 28.8 Å². The third-order valence-electron chi connectivity index (χ3n) is 5.10. The summed E-state index contributed by atoms with van der Waals surface area (Å²) in [4.78, 5) is 24.7. The van der Waals surface area contributed by atoms with E-state index in [4.69, 9.17) is 9.15 Å². The van der Waals surface area contributed by atoms with Gasteiger partial charge in [-0.15, -0.1) is 10.2 Å². The molecule has 1 unspecified atom stereocenters. The molecule has 0 bridgehead atoms. The molecule has 0 saturated carbocycles. The fourth-order valence-corrected chi connectivity index (χ4v) is 3.20. The summed E-state index contributed by atoms with van der Waals surface area (Å²) in [7, 11) is 0. The Morgan fingerprint density at radius 3 is 2.38 bits per heavy atom. The van der Waals surface area contributed by atoms with Gasteiger partial charge in [-0.25, -0.2) is 0 Å². The van der Waals surface area contributed by atoms with Crippen LogP contribution in [0.2, 0.25) is 0 Å². The number of nitrogens with zero attached hydrogens (tertiary/aromatic N) is 2. The maximum atomic E-state index is 12.4. The van der Waals surface area contributed by atoms with Crippen molar-refractivity contribution in [2.75, 3.05) is 5.32 Å². The summed E-state index contributed by atoms with van der Waals surface area (Å²) in [6, 6.07) is 22.7. The minimum absolute atomic E-state index is 0.118. The first-order valence-corrected chi connectivity index (χ1v) is 10.8. The number of amides is 2. The van der Waals surface area contributed by atoms with E-state index in [9.17, 15) is 9.59 Å². The van der Waals surface area contributed by atoms with E-state index in [2.05, 4.69) is 20.8 Å². The first-order chi connectivity index (χ1) is 16.5. The number of nitrogens with one attached hydrogen (secondary N) is 2. The van der Waals surface area contributed by atoms with Gasteiger partial charge in [0.2, 0.25) is 11.8 Å². The van der Waals surface area contributed by atoms with Crippen LogP contribution in [-0.2, 0) is 11.4 Å². The van der Waals surface area contributed by atoms with Crippen molar-refractivity contribution < 1.29 is 18.7 Å². The Morgan fingerprint density at radius 2 is 1.65 bits per heavy atom. The first kappa shape index (κ1) is 22.7. The van der Waals surface area contributed by atoms with Gasteiger partial charge in [0, 0.05) is 16.8 Å². The Morgan fingerprint density at radius 1 is 0.941 bits per heavy atom. The van der Waals surface area contributed by atoms with Gasteiger partial charge in [-0.1, -0.05) is 36.4 Å². The van der Waals surface area contributed by atoms with Crippen molar-refractivity contribution >= 4 is 17.5 Å². The van der Waals surface area contributed by atoms with E-state index in [1.807, 2.05) is 37.3 Å². The van der Waals surface area contributed by atoms with Crippen LogP contribution in [0.4, 0.5) is 5.69 Å². The molecule has 3 aromatic carbocycles. The Balaban J connectivity index is 1.28. The molecule has 1 heterocycles. The van der Waals surface area contributed by atoms with Gasteiger partial charge in [-0.2, -0.15) is 0 Å². The van der Waals surface area contributed by atoms with Crippen molar-refractivity contribution in [2.45, 2.75) is 26.5 Å². The molecule has 0 fully saturated rings. The molecule has 1 atom stereocenters. The molecule has 0 aliphatic heterocycles. The molecule has 8 nitrogen and oxygen atoms in total. The fourth-order valence-electron chi connectivity index (χ4n) is 3.20. The molecule has 0 saturated heterocycles. The maximum Gasteiger partial charge on any atom is 0.254 e. The smallest absolute Gasteiger partial charge is 0.254 e. The van der Waals surface area contributed by atoms with E-state index in [1.165, 1.54) is 0 Å². The molecular formula is C26H24N4O4. The number of carbonyl (C=O) groups excluding carboxylic acids is 2. The zero-order valence-corrected chi connectivity index (χ0v) is 18.8. The fraction of sp³-hybridized carbons (Fsp3) is 0.154. The van der Waals surface area contributed by atoms with Gasteiger partial charge in [-0.3, -0.25) is 9.59 Å². The summed E-state index contributed by atoms with van der Waals surface area (Å²) in [5.41, 5.74) is 3.01. The molecule has 1 aromatic heterocycles. The van der Waals surface area contributed by atoms with E-state index >= 15 is 0 Å². The van der Waals surface area contributed by atoms with E-state index in [0.717, 1.165) is 11.1 Å². The second-order valence-corrected chi connectivity index (χ2v) is 7.68. The molecular weight excluding hydrogens is 432 g/mol. The third kappa shape index (κ3) is 5.66. The van der Waals surface area contributed by atoms with Gasteiger partial charge in [0.15, 0.2) is 6.61 Å². The molecule has 0 spiro atoms. The van der Waals surface area contributed by atoms with E-state index in [-0.39, 0.29) is 18.4 Å². The standard InChI is InChI=1S/C26H24N4O4/c1-17-8-6-7-11-22(17)26-30-29-23(34-26)16-33-21-14-12-20(13-15-21)28-24(31)18(2)27-25(32)19-9-4-3-5-10-19/h3-15,18H,16H2,1-2H3,(H,27,32)(H,28,31). The van der Waals surface area contributed by atoms with E-state index < -0.39 is 6.04 Å². The summed E-state index contributed by atoms with van der Waals surface area (Å²) in [5.74, 6) is 0.757. The zero-order valence-electron chi connectivity index (χ0n) is 18.8. The minimum Gasteiger partial charge on any atom is -0.484 e. The van der Waals surface area contributed by atoms with Crippen LogP contribution in [-0.4, -0.2) is 28.1 Å². The summed E-state index contributed by atoms with van der Waals surface area (Å²) < 4.78 is 11.4. The predicted octanol–water partition coefficient (Wildman–Crippen LogP) is 4.38. The van der Waals surface area contributed by atoms with Crippen molar-refractivity contribution in [1.82, 2.24) is 15.5 Å². The number of anilines is 1. The van der Waals surface area contributed by atoms with Crippen LogP contribution in [0, 0.1) is 6.92 Å². The van der Waals surface area contributed by atoms with Crippen LogP contribution >= 0.6 is 0 Å². The predicted molar refractivity (Wildman–Crippen MR) is 127 cm³/mol. The number of hydrogen-bond donors (Lipinski definition) is 2. The van der Waals surface area contributed by atoms with Crippen LogP contribution in [0.15, 0.2) is 83.3 Å². The maximum absolute atomic E-state index is 12.4. The molecule has 0 aliphatic carbocycles. The highest BCUT2D eigenvalue weighted by Crippen LogP contribution is 2.22. The summed E-state index contributed by atoms with van der Waals surface area (Å²) in [6.45, 7) is 3.73. The van der Waals surface area contributed by atoms with Gasteiger partial charge in [0.05, 0.1) is 0 Å². The van der Waals surface area contributed by atoms with Crippen molar-refractivity contribution in [1.29, 1.82) is 0 Å². The third-order valence-corrected chi connectivity index (χ3v) is 5.10. The lowest BCUT2D eigenvalue weighted by Gasteiger charge is -2.14. The van der Waals surface area contributed by atoms with Crippen LogP contribution in [0.5, 0.6) is 5.75 Å². The first-order valence-electron chi connectivity index (χ1n) is 10.8. The average Bonchev–Trinajstić information content (AvgIpc) is 3.33. The Labute approximate surface area is 197 Å². The number of aryl methyl sites for hydroxylation is 1. The van der Waals surface area contributed by atoms with Crippen molar-refractivity contribution in [2.24, 2.45) is 0 Å². The quantitative estimate of drug-likeness (QED) is 0.408. The molecule has 4 rings (SSSR count). The lowest BCUT2D eigenvalue weighted by molar-refractivity contribution is -0.117. The van der Waals surface area contributed by atoms with Crippen LogP contribution in [0.25, 0.3) is 11.5 Å². The molecule has 0 radical (unpaired) electrons. The Bertz CT molecular complexity index is 1270. The lowest BCUT2D eigenvalue weighted by Crippen LogP contribution is -2.41. The second kappa shape index (κ2) is 10.4. The molecule has 34 heavy (non-hydrogen) atoms. The molecule has 4 aromatic rings. The molecule has 2 amide bonds. The molecule has 0 aliphatic rings. The molecule has 172 valence electrons. The number of hydrogen-bond acceptors (Lipinski definition) is 6. The van der Waals surface area contributed by atoms with Crippen molar-refractivity contribution in [3.63, 3.8) is 0 Å². The van der Waals surface area contributed by atoms with Crippen molar-refractivity contribution in [3.8, 4) is 17.2 Å². The van der Waals surface area contributed by atoms with Gasteiger partial charge < -0.3 is 19.8 Å². The second-order valence-electron chi connectivity index (χ2n) is 7.68. The van der Waals surface area contributed by atoms with Crippen LogP contribution < -0.4 is 15.4 Å². The Kier molecular flexibility index (Phi) is 6.98. The molecule has 2 N–H and O–H groups in total. The number of ether oxygens (including phenoxy) is 1. The van der Waals surface area contributed by atoms with Gasteiger partial charge in [0.25, 0.3) is 11.8 Å². The largest absolute Gasteiger partial charge is 0.484 e.